The fraction of sp³-hybridized carbons (Fsp3) is 0.222. The molecule has 0 saturated heterocycles. The fourth-order valence-corrected chi connectivity index (χ4v) is 3.25. The van der Waals surface area contributed by atoms with Gasteiger partial charge < -0.3 is 59.4 Å². The molecule has 4 aromatic rings. The van der Waals surface area contributed by atoms with Crippen molar-refractivity contribution in [3.8, 4) is 23.0 Å². The molecule has 0 aromatic heterocycles. The molecule has 4 rings (SSSR count). The van der Waals surface area contributed by atoms with Crippen LogP contribution in [0.4, 0.5) is 22.7 Å². The number of carbonyl (C=O) groups excluding carboxylic acids is 2. The molecule has 54 heavy (non-hydrogen) atoms. The molecule has 18 heteroatoms. The van der Waals surface area contributed by atoms with Crippen LogP contribution in [0.25, 0.3) is 10.6 Å². The minimum absolute atomic E-state index is 0. The fourth-order valence-electron chi connectivity index (χ4n) is 3.25. The predicted molar refractivity (Wildman–Crippen MR) is 209 cm³/mol. The van der Waals surface area contributed by atoms with Gasteiger partial charge in [-0.15, -0.1) is 46.4 Å². The number of hydrogen-bond acceptors (Lipinski definition) is 10. The molecule has 0 heterocycles. The second-order valence-electron chi connectivity index (χ2n) is 8.62. The summed E-state index contributed by atoms with van der Waals surface area (Å²) in [5.41, 5.74) is 2.96. The molecule has 0 N–H and O–H groups in total. The number of rotatable bonds is 10. The maximum atomic E-state index is 8.89. The summed E-state index contributed by atoms with van der Waals surface area (Å²) in [6.45, 7) is 1.94. The van der Waals surface area contributed by atoms with Crippen molar-refractivity contribution >= 4 is 93.8 Å². The van der Waals surface area contributed by atoms with Gasteiger partial charge in [0.1, 0.15) is 23.0 Å². The van der Waals surface area contributed by atoms with Gasteiger partial charge >= 0.3 is 42.1 Å². The van der Waals surface area contributed by atoms with Crippen LogP contribution in [0.3, 0.4) is 0 Å². The molecule has 0 aliphatic heterocycles. The number of carbonyl (C=O) groups is 2. The minimum Gasteiger partial charge on any atom is -0.550 e. The molecule has 4 aromatic carbocycles. The van der Waals surface area contributed by atoms with E-state index in [1.807, 2.05) is 97.1 Å². The summed E-state index contributed by atoms with van der Waals surface area (Å²) in [5.74, 6) is 0.700. The normalized spacial score (nSPS) is 8.93. The number of hydrogen-bond donors (Lipinski definition) is 0. The number of aliphatic imine (C=N–C) groups is 2. The zero-order valence-electron chi connectivity index (χ0n) is 30.2. The van der Waals surface area contributed by atoms with E-state index in [4.69, 9.17) is 85.2 Å². The Morgan fingerprint density at radius 3 is 1.02 bits per heavy atom. The predicted octanol–water partition coefficient (Wildman–Crippen LogP) is 8.49. The molecule has 0 aliphatic carbocycles. The van der Waals surface area contributed by atoms with Crippen LogP contribution in [0, 0.1) is 0 Å². The van der Waals surface area contributed by atoms with Crippen LogP contribution in [-0.4, -0.2) is 63.7 Å². The average Bonchev–Trinajstić information content (AvgIpc) is 3.13. The van der Waals surface area contributed by atoms with Crippen LogP contribution in [-0.2, 0) is 51.7 Å². The number of ether oxygens (including phenoxy) is 4. The summed E-state index contributed by atoms with van der Waals surface area (Å²) in [7, 11) is 6.47. The largest absolute Gasteiger partial charge is 2.00 e. The molecule has 0 saturated carbocycles. The van der Waals surface area contributed by atoms with Gasteiger partial charge in [0.2, 0.25) is 0 Å². The first-order valence-corrected chi connectivity index (χ1v) is 16.7. The Morgan fingerprint density at radius 2 is 0.759 bits per heavy atom. The van der Waals surface area contributed by atoms with Crippen LogP contribution < -0.4 is 29.2 Å². The van der Waals surface area contributed by atoms with Crippen molar-refractivity contribution in [1.29, 1.82) is 0 Å². The molecule has 0 unspecified atom stereocenters. The maximum Gasteiger partial charge on any atom is 2.00 e. The smallest absolute Gasteiger partial charge is 0.550 e. The number of carboxylic acids is 2. The second-order valence-corrected chi connectivity index (χ2v) is 10.2. The van der Waals surface area contributed by atoms with Gasteiger partial charge in [0.25, 0.3) is 0 Å². The summed E-state index contributed by atoms with van der Waals surface area (Å²) >= 11 is 19.1. The monoisotopic (exact) mass is 992 g/mol. The van der Waals surface area contributed by atoms with Gasteiger partial charge in [-0.3, -0.25) is 0 Å². The number of nitrogens with zero attached hydrogens (tertiary/aromatic N) is 4. The van der Waals surface area contributed by atoms with Crippen LogP contribution in [0.15, 0.2) is 107 Å². The van der Waals surface area contributed by atoms with Crippen LogP contribution in [0.1, 0.15) is 13.8 Å². The summed E-state index contributed by atoms with van der Waals surface area (Å²) < 4.78 is 20.9. The van der Waals surface area contributed by atoms with Crippen molar-refractivity contribution in [1.82, 2.24) is 0 Å². The molecule has 12 nitrogen and oxygen atoms in total. The Morgan fingerprint density at radius 1 is 0.537 bits per heavy atom. The van der Waals surface area contributed by atoms with Gasteiger partial charge in [0.05, 0.1) is 39.1 Å². The summed E-state index contributed by atoms with van der Waals surface area (Å²) in [5, 5.41) is 26.7. The van der Waals surface area contributed by atoms with E-state index in [0.29, 0.717) is 23.0 Å². The number of para-hydroxylation sites is 8. The summed E-state index contributed by atoms with van der Waals surface area (Å²) in [4.78, 5) is 26.3. The van der Waals surface area contributed by atoms with Gasteiger partial charge in [-0.05, 0) is 38.1 Å². The van der Waals surface area contributed by atoms with Gasteiger partial charge in [-0.1, -0.05) is 85.5 Å². The number of benzene rings is 4. The Hall–Kier alpha value is -3.50. The Balaban J connectivity index is -0.000000335. The average molecular weight is 990 g/mol. The van der Waals surface area contributed by atoms with E-state index < -0.39 is 11.9 Å². The van der Waals surface area contributed by atoms with Gasteiger partial charge in [0, 0.05) is 34.7 Å². The van der Waals surface area contributed by atoms with E-state index in [0.717, 1.165) is 36.6 Å². The third kappa shape index (κ3) is 29.9. The van der Waals surface area contributed by atoms with Crippen molar-refractivity contribution < 1.29 is 80.9 Å². The second kappa shape index (κ2) is 39.2. The van der Waals surface area contributed by atoms with E-state index in [-0.39, 0.29) is 52.8 Å². The molecule has 0 spiro atoms. The van der Waals surface area contributed by atoms with E-state index in [1.165, 1.54) is 12.7 Å². The summed E-state index contributed by atoms with van der Waals surface area (Å²) in [6, 6.07) is 30.1. The number of alkyl halides is 4. The number of aliphatic carboxylic acids is 2. The molecule has 0 amide bonds. The quantitative estimate of drug-likeness (QED) is 0.0659. The molecule has 0 bridgehead atoms. The Kier molecular flexibility index (Phi) is 41.5. The van der Waals surface area contributed by atoms with E-state index in [2.05, 4.69) is 20.6 Å². The van der Waals surface area contributed by atoms with Crippen molar-refractivity contribution in [2.24, 2.45) is 9.98 Å². The van der Waals surface area contributed by atoms with Crippen molar-refractivity contribution in [3.63, 3.8) is 0 Å². The van der Waals surface area contributed by atoms with Crippen molar-refractivity contribution in [2.45, 2.75) is 13.8 Å². The molecule has 0 fully saturated rings. The minimum atomic E-state index is -1.08. The first-order chi connectivity index (χ1) is 25.0. The topological polar surface area (TPSA) is 170 Å². The maximum absolute atomic E-state index is 8.89. The molecule has 0 radical (unpaired) electrons. The molecule has 292 valence electrons. The van der Waals surface area contributed by atoms with Crippen LogP contribution in [0.5, 0.6) is 23.0 Å². The van der Waals surface area contributed by atoms with E-state index >= 15 is 0 Å². The molecule has 0 aliphatic rings. The molecule has 0 atom stereocenters. The Bertz CT molecular complexity index is 1480. The third-order valence-corrected chi connectivity index (χ3v) is 5.13. The summed E-state index contributed by atoms with van der Waals surface area (Å²) in [6.07, 6.45) is 2.99. The zero-order valence-corrected chi connectivity index (χ0v) is 37.2. The first kappa shape index (κ1) is 57.2. The third-order valence-electron chi connectivity index (χ3n) is 5.13. The SMILES string of the molecule is CC(=O)[O-].CC(=O)[O-].COc1ccccc1N=C[N-]c1ccccc1OC.COc1ccccc1N=C[N-]c1ccccc1OC.ClCCl.ClCCl.[Mo+2].[Mo+2]. The van der Waals surface area contributed by atoms with Crippen LogP contribution in [0.2, 0.25) is 0 Å². The van der Waals surface area contributed by atoms with Crippen molar-refractivity contribution in [2.75, 3.05) is 39.1 Å². The van der Waals surface area contributed by atoms with Crippen molar-refractivity contribution in [3.05, 3.63) is 108 Å². The number of methoxy groups -OCH3 is 4. The first-order valence-electron chi connectivity index (χ1n) is 14.6. The van der Waals surface area contributed by atoms with Gasteiger partial charge in [-0.2, -0.15) is 0 Å². The number of carboxylic acid groups (broad SMARTS) is 2. The van der Waals surface area contributed by atoms with Gasteiger partial charge in [-0.25, -0.2) is 0 Å². The van der Waals surface area contributed by atoms with E-state index in [9.17, 15) is 0 Å². The molecular weight excluding hydrogens is 950 g/mol. The Labute approximate surface area is 365 Å². The van der Waals surface area contributed by atoms with Gasteiger partial charge in [0.15, 0.2) is 0 Å². The van der Waals surface area contributed by atoms with E-state index in [1.54, 1.807) is 28.4 Å². The number of halogens is 4. The molecular formula is C36H40Cl4Mo2N4O8. The van der Waals surface area contributed by atoms with Crippen LogP contribution >= 0.6 is 46.4 Å². The standard InChI is InChI=1S/2C15H15N2O2.2C2H4O2.2CH2Cl2.2Mo/c2*1-18-14-9-5-3-7-12(14)16-11-17-13-8-4-6-10-15(13)19-2;2*1-2(3)4;2*2-1-3;;/h2*3-11H,1-2H3;2*1H3,(H,3,4);2*1H2;;/q2*-1;;;;;2*+2/p-2. The zero-order chi connectivity index (χ0) is 39.6.